The minimum absolute atomic E-state index is 0.0135. The number of furan rings is 1. The van der Waals surface area contributed by atoms with E-state index in [1.54, 1.807) is 29.2 Å². The van der Waals surface area contributed by atoms with Crippen LogP contribution in [0.3, 0.4) is 0 Å². The number of benzene rings is 2. The third-order valence-corrected chi connectivity index (χ3v) is 4.64. The normalized spacial score (nSPS) is 10.7. The summed E-state index contributed by atoms with van der Waals surface area (Å²) in [5.74, 6) is 0.715. The number of amides is 1. The Labute approximate surface area is 177 Å². The Balaban J connectivity index is 1.47. The molecular weight excluding hydrogens is 400 g/mol. The maximum atomic E-state index is 12.9. The fraction of sp³-hybridized carbons (Fsp3) is 0.136. The van der Waals surface area contributed by atoms with Gasteiger partial charge in [0.1, 0.15) is 0 Å². The predicted molar refractivity (Wildman–Crippen MR) is 110 cm³/mol. The maximum Gasteiger partial charge on any atom is 0.289 e. The van der Waals surface area contributed by atoms with Gasteiger partial charge in [0.2, 0.25) is 11.7 Å². The molecule has 2 aromatic heterocycles. The smallest absolute Gasteiger partial charge is 0.289 e. The lowest BCUT2D eigenvalue weighted by molar-refractivity contribution is -0.384. The molecule has 0 aliphatic rings. The maximum absolute atomic E-state index is 12.9. The minimum Gasteiger partial charge on any atom is -0.459 e. The van der Waals surface area contributed by atoms with E-state index in [0.717, 1.165) is 5.56 Å². The molecule has 0 atom stereocenters. The summed E-state index contributed by atoms with van der Waals surface area (Å²) >= 11 is 0. The Morgan fingerprint density at radius 3 is 2.48 bits per heavy atom. The summed E-state index contributed by atoms with van der Waals surface area (Å²) in [5.41, 5.74) is 1.58. The van der Waals surface area contributed by atoms with Gasteiger partial charge in [0.25, 0.3) is 11.6 Å². The van der Waals surface area contributed by atoms with Gasteiger partial charge in [0.05, 0.1) is 11.2 Å². The van der Waals surface area contributed by atoms with E-state index in [2.05, 4.69) is 10.1 Å². The lowest BCUT2D eigenvalue weighted by atomic mass is 10.2. The number of carbonyl (C=O) groups is 1. The molecule has 0 N–H and O–H groups in total. The molecule has 31 heavy (non-hydrogen) atoms. The number of nitro benzene ring substituents is 1. The molecule has 0 saturated heterocycles. The van der Waals surface area contributed by atoms with Gasteiger partial charge in [-0.25, -0.2) is 0 Å². The Bertz CT molecular complexity index is 1150. The van der Waals surface area contributed by atoms with Crippen molar-refractivity contribution in [2.45, 2.75) is 13.0 Å². The lowest BCUT2D eigenvalue weighted by Gasteiger charge is -2.21. The van der Waals surface area contributed by atoms with Gasteiger partial charge in [0, 0.05) is 37.2 Å². The average Bonchev–Trinajstić information content (AvgIpc) is 3.49. The molecule has 4 aromatic rings. The summed E-state index contributed by atoms with van der Waals surface area (Å²) in [6.45, 7) is 0.750. The molecule has 0 bridgehead atoms. The first kappa shape index (κ1) is 20.0. The van der Waals surface area contributed by atoms with Crippen LogP contribution in [-0.2, 0) is 13.0 Å². The summed E-state index contributed by atoms with van der Waals surface area (Å²) in [7, 11) is 0. The Morgan fingerprint density at radius 2 is 1.81 bits per heavy atom. The third kappa shape index (κ3) is 4.84. The fourth-order valence-electron chi connectivity index (χ4n) is 3.05. The van der Waals surface area contributed by atoms with Crippen LogP contribution >= 0.6 is 0 Å². The van der Waals surface area contributed by atoms with Crippen molar-refractivity contribution in [1.82, 2.24) is 15.0 Å². The summed E-state index contributed by atoms with van der Waals surface area (Å²) < 4.78 is 10.6. The highest BCUT2D eigenvalue weighted by molar-refractivity contribution is 5.91. The van der Waals surface area contributed by atoms with Gasteiger partial charge in [-0.3, -0.25) is 14.9 Å². The molecular formula is C22H18N4O5. The molecule has 2 aromatic carbocycles. The first-order valence-corrected chi connectivity index (χ1v) is 9.54. The molecule has 4 rings (SSSR count). The standard InChI is InChI=1S/C22H18N4O5/c27-22(19-7-4-14-30-19)25(15-16-5-2-1-3-6-16)13-12-20-23-21(24-31-20)17-8-10-18(11-9-17)26(28)29/h1-11,14H,12-13,15H2. The minimum atomic E-state index is -0.469. The molecule has 0 aliphatic carbocycles. The third-order valence-electron chi connectivity index (χ3n) is 4.64. The SMILES string of the molecule is O=C(c1ccco1)N(CCc1nc(-c2ccc([N+](=O)[O-])cc2)no1)Cc1ccccc1. The number of hydrogen-bond acceptors (Lipinski definition) is 7. The van der Waals surface area contributed by atoms with E-state index < -0.39 is 4.92 Å². The molecule has 2 heterocycles. The average molecular weight is 418 g/mol. The van der Waals surface area contributed by atoms with Crippen LogP contribution in [0.25, 0.3) is 11.4 Å². The molecule has 0 unspecified atom stereocenters. The quantitative estimate of drug-likeness (QED) is 0.312. The van der Waals surface area contributed by atoms with Crippen molar-refractivity contribution in [3.8, 4) is 11.4 Å². The van der Waals surface area contributed by atoms with Crippen LogP contribution in [-0.4, -0.2) is 32.4 Å². The van der Waals surface area contributed by atoms with Gasteiger partial charge < -0.3 is 13.8 Å². The van der Waals surface area contributed by atoms with Crippen LogP contribution in [0.5, 0.6) is 0 Å². The summed E-state index contributed by atoms with van der Waals surface area (Å²) in [6.07, 6.45) is 1.81. The van der Waals surface area contributed by atoms with Crippen LogP contribution in [0, 0.1) is 10.1 Å². The zero-order chi connectivity index (χ0) is 21.6. The molecule has 156 valence electrons. The molecule has 1 amide bonds. The van der Waals surface area contributed by atoms with Crippen molar-refractivity contribution >= 4 is 11.6 Å². The number of hydrogen-bond donors (Lipinski definition) is 0. The second-order valence-corrected chi connectivity index (χ2v) is 6.76. The van der Waals surface area contributed by atoms with Crippen molar-refractivity contribution in [3.63, 3.8) is 0 Å². The molecule has 0 saturated carbocycles. The van der Waals surface area contributed by atoms with Crippen LogP contribution in [0.2, 0.25) is 0 Å². The molecule has 0 aliphatic heterocycles. The number of non-ortho nitro benzene ring substituents is 1. The molecule has 0 fully saturated rings. The number of nitro groups is 1. The van der Waals surface area contributed by atoms with Crippen LogP contribution in [0.1, 0.15) is 22.0 Å². The van der Waals surface area contributed by atoms with E-state index in [4.69, 9.17) is 8.94 Å². The van der Waals surface area contributed by atoms with E-state index in [0.29, 0.717) is 36.8 Å². The summed E-state index contributed by atoms with van der Waals surface area (Å²) in [5, 5.41) is 14.7. The highest BCUT2D eigenvalue weighted by atomic mass is 16.6. The largest absolute Gasteiger partial charge is 0.459 e. The second-order valence-electron chi connectivity index (χ2n) is 6.76. The van der Waals surface area contributed by atoms with Crippen molar-refractivity contribution in [2.24, 2.45) is 0 Å². The molecule has 0 spiro atoms. The van der Waals surface area contributed by atoms with Crippen molar-refractivity contribution in [1.29, 1.82) is 0 Å². The Morgan fingerprint density at radius 1 is 1.03 bits per heavy atom. The second kappa shape index (κ2) is 9.04. The molecule has 9 nitrogen and oxygen atoms in total. The van der Waals surface area contributed by atoms with E-state index in [1.165, 1.54) is 18.4 Å². The number of carbonyl (C=O) groups excluding carboxylic acids is 1. The fourth-order valence-corrected chi connectivity index (χ4v) is 3.05. The van der Waals surface area contributed by atoms with Crippen LogP contribution in [0.4, 0.5) is 5.69 Å². The van der Waals surface area contributed by atoms with Gasteiger partial charge in [-0.1, -0.05) is 35.5 Å². The predicted octanol–water partition coefficient (Wildman–Crippen LogP) is 4.12. The van der Waals surface area contributed by atoms with E-state index in [-0.39, 0.29) is 17.4 Å². The molecule has 9 heteroatoms. The lowest BCUT2D eigenvalue weighted by Crippen LogP contribution is -2.32. The van der Waals surface area contributed by atoms with E-state index in [9.17, 15) is 14.9 Å². The number of rotatable bonds is 8. The first-order valence-electron chi connectivity index (χ1n) is 9.54. The highest BCUT2D eigenvalue weighted by Gasteiger charge is 2.20. The molecule has 0 radical (unpaired) electrons. The number of nitrogens with zero attached hydrogens (tertiary/aromatic N) is 4. The van der Waals surface area contributed by atoms with Gasteiger partial charge in [-0.05, 0) is 29.8 Å². The van der Waals surface area contributed by atoms with Crippen molar-refractivity contribution in [3.05, 3.63) is 100 Å². The van der Waals surface area contributed by atoms with E-state index in [1.807, 2.05) is 30.3 Å². The van der Waals surface area contributed by atoms with Crippen LogP contribution in [0.15, 0.2) is 81.9 Å². The zero-order valence-corrected chi connectivity index (χ0v) is 16.4. The summed E-state index contributed by atoms with van der Waals surface area (Å²) in [4.78, 5) is 29.2. The van der Waals surface area contributed by atoms with Gasteiger partial charge in [-0.2, -0.15) is 4.98 Å². The first-order chi connectivity index (χ1) is 15.1. The van der Waals surface area contributed by atoms with Gasteiger partial charge in [-0.15, -0.1) is 0 Å². The summed E-state index contributed by atoms with van der Waals surface area (Å²) in [6, 6.07) is 18.8. The van der Waals surface area contributed by atoms with Gasteiger partial charge >= 0.3 is 0 Å². The topological polar surface area (TPSA) is 116 Å². The van der Waals surface area contributed by atoms with Gasteiger partial charge in [0.15, 0.2) is 5.76 Å². The Hall–Kier alpha value is -4.27. The monoisotopic (exact) mass is 418 g/mol. The van der Waals surface area contributed by atoms with Crippen LogP contribution < -0.4 is 0 Å². The van der Waals surface area contributed by atoms with Crippen molar-refractivity contribution in [2.75, 3.05) is 6.54 Å². The highest BCUT2D eigenvalue weighted by Crippen LogP contribution is 2.20. The zero-order valence-electron chi connectivity index (χ0n) is 16.4. The Kier molecular flexibility index (Phi) is 5.84. The number of aromatic nitrogens is 2. The van der Waals surface area contributed by atoms with E-state index >= 15 is 0 Å². The van der Waals surface area contributed by atoms with Crippen molar-refractivity contribution < 1.29 is 18.7 Å².